The first-order valence-electron chi connectivity index (χ1n) is 4.12. The molecule has 0 aliphatic carbocycles. The van der Waals surface area contributed by atoms with E-state index < -0.39 is 11.9 Å². The summed E-state index contributed by atoms with van der Waals surface area (Å²) in [4.78, 5) is 10.8. The maximum atomic E-state index is 10.8. The van der Waals surface area contributed by atoms with E-state index in [1.54, 1.807) is 32.2 Å². The number of hydrogen-bond donors (Lipinski definition) is 1. The molecule has 3 nitrogen and oxygen atoms in total. The van der Waals surface area contributed by atoms with E-state index in [4.69, 9.17) is 9.84 Å². The maximum Gasteiger partial charge on any atom is 0.310 e. The number of hydrogen-bond acceptors (Lipinski definition) is 2. The molecule has 0 amide bonds. The van der Waals surface area contributed by atoms with Crippen LogP contribution >= 0.6 is 15.9 Å². The van der Waals surface area contributed by atoms with Gasteiger partial charge in [-0.1, -0.05) is 15.9 Å². The molecule has 0 saturated carbocycles. The second-order valence-corrected chi connectivity index (χ2v) is 3.80. The van der Waals surface area contributed by atoms with Crippen molar-refractivity contribution >= 4 is 21.9 Å². The van der Waals surface area contributed by atoms with Gasteiger partial charge in [0.1, 0.15) is 5.75 Å². The van der Waals surface area contributed by atoms with Crippen molar-refractivity contribution in [1.82, 2.24) is 0 Å². The first kappa shape index (κ1) is 11.0. The van der Waals surface area contributed by atoms with Crippen LogP contribution in [-0.4, -0.2) is 18.2 Å². The van der Waals surface area contributed by atoms with E-state index >= 15 is 0 Å². The van der Waals surface area contributed by atoms with E-state index in [2.05, 4.69) is 15.9 Å². The van der Waals surface area contributed by atoms with E-state index in [0.717, 1.165) is 10.0 Å². The first-order valence-corrected chi connectivity index (χ1v) is 4.91. The second-order valence-electron chi connectivity index (χ2n) is 2.95. The van der Waals surface area contributed by atoms with Gasteiger partial charge in [-0.2, -0.15) is 0 Å². The Morgan fingerprint density at radius 3 is 2.71 bits per heavy atom. The highest BCUT2D eigenvalue weighted by atomic mass is 79.9. The van der Waals surface area contributed by atoms with E-state index in [0.29, 0.717) is 5.75 Å². The first-order chi connectivity index (χ1) is 6.56. The highest BCUT2D eigenvalue weighted by Crippen LogP contribution is 2.28. The van der Waals surface area contributed by atoms with E-state index in [-0.39, 0.29) is 0 Å². The third-order valence-corrected chi connectivity index (χ3v) is 2.76. The van der Waals surface area contributed by atoms with Gasteiger partial charge in [0, 0.05) is 4.47 Å². The summed E-state index contributed by atoms with van der Waals surface area (Å²) in [5, 5.41) is 8.86. The van der Waals surface area contributed by atoms with Crippen molar-refractivity contribution in [3.8, 4) is 5.75 Å². The smallest absolute Gasteiger partial charge is 0.310 e. The largest absolute Gasteiger partial charge is 0.497 e. The molecule has 0 aliphatic rings. The van der Waals surface area contributed by atoms with Gasteiger partial charge in [0.15, 0.2) is 0 Å². The number of carbonyl (C=O) groups is 1. The van der Waals surface area contributed by atoms with Crippen LogP contribution in [0.2, 0.25) is 0 Å². The van der Waals surface area contributed by atoms with Gasteiger partial charge in [-0.05, 0) is 30.7 Å². The van der Waals surface area contributed by atoms with Crippen molar-refractivity contribution < 1.29 is 14.6 Å². The lowest BCUT2D eigenvalue weighted by atomic mass is 10.0. The van der Waals surface area contributed by atoms with Gasteiger partial charge in [0.25, 0.3) is 0 Å². The van der Waals surface area contributed by atoms with Gasteiger partial charge in [0.2, 0.25) is 0 Å². The Kier molecular flexibility index (Phi) is 3.52. The van der Waals surface area contributed by atoms with Crippen LogP contribution < -0.4 is 4.74 Å². The summed E-state index contributed by atoms with van der Waals surface area (Å²) in [6, 6.07) is 5.29. The lowest BCUT2D eigenvalue weighted by Crippen LogP contribution is -2.08. The molecule has 1 rings (SSSR count). The summed E-state index contributed by atoms with van der Waals surface area (Å²) in [5.74, 6) is -0.727. The van der Waals surface area contributed by atoms with E-state index in [1.165, 1.54) is 0 Å². The average Bonchev–Trinajstić information content (AvgIpc) is 2.17. The Hall–Kier alpha value is -1.03. The molecule has 1 atom stereocenters. The lowest BCUT2D eigenvalue weighted by molar-refractivity contribution is -0.138. The minimum Gasteiger partial charge on any atom is -0.497 e. The van der Waals surface area contributed by atoms with Gasteiger partial charge >= 0.3 is 5.97 Å². The summed E-state index contributed by atoms with van der Waals surface area (Å²) in [6.07, 6.45) is 0. The van der Waals surface area contributed by atoms with Crippen molar-refractivity contribution in [2.24, 2.45) is 0 Å². The zero-order chi connectivity index (χ0) is 10.7. The maximum absolute atomic E-state index is 10.8. The summed E-state index contributed by atoms with van der Waals surface area (Å²) in [5.41, 5.74) is 0.719. The Bertz CT molecular complexity index is 349. The molecule has 76 valence electrons. The van der Waals surface area contributed by atoms with Crippen LogP contribution in [0.4, 0.5) is 0 Å². The summed E-state index contributed by atoms with van der Waals surface area (Å²) >= 11 is 3.31. The molecule has 0 aliphatic heterocycles. The minimum absolute atomic E-state index is 0.542. The number of aliphatic carboxylic acids is 1. The molecule has 0 saturated heterocycles. The number of methoxy groups -OCH3 is 1. The number of benzene rings is 1. The van der Waals surface area contributed by atoms with Gasteiger partial charge in [0.05, 0.1) is 13.0 Å². The highest BCUT2D eigenvalue weighted by Gasteiger charge is 2.17. The fraction of sp³-hybridized carbons (Fsp3) is 0.300. The minimum atomic E-state index is -0.848. The number of ether oxygens (including phenoxy) is 1. The van der Waals surface area contributed by atoms with Crippen molar-refractivity contribution in [3.63, 3.8) is 0 Å². The standard InChI is InChI=1S/C10H11BrO3/c1-6(10(12)13)8-5-7(14-2)3-4-9(8)11/h3-6H,1-2H3,(H,12,13)/t6-/m1/s1. The second kappa shape index (κ2) is 4.46. The molecule has 0 heterocycles. The van der Waals surface area contributed by atoms with E-state index in [1.807, 2.05) is 0 Å². The highest BCUT2D eigenvalue weighted by molar-refractivity contribution is 9.10. The molecule has 0 unspecified atom stereocenters. The Labute approximate surface area is 90.8 Å². The van der Waals surface area contributed by atoms with Crippen molar-refractivity contribution in [2.45, 2.75) is 12.8 Å². The SMILES string of the molecule is COc1ccc(Br)c([C@@H](C)C(=O)O)c1. The van der Waals surface area contributed by atoms with Crippen LogP contribution in [0.1, 0.15) is 18.4 Å². The van der Waals surface area contributed by atoms with Crippen LogP contribution in [0.15, 0.2) is 22.7 Å². The van der Waals surface area contributed by atoms with Crippen LogP contribution in [0, 0.1) is 0 Å². The van der Waals surface area contributed by atoms with Crippen molar-refractivity contribution in [1.29, 1.82) is 0 Å². The van der Waals surface area contributed by atoms with Crippen molar-refractivity contribution in [3.05, 3.63) is 28.2 Å². The van der Waals surface area contributed by atoms with Crippen LogP contribution in [0.5, 0.6) is 5.75 Å². The zero-order valence-corrected chi connectivity index (χ0v) is 9.54. The Morgan fingerprint density at radius 2 is 2.21 bits per heavy atom. The molecule has 0 aromatic heterocycles. The lowest BCUT2D eigenvalue weighted by Gasteiger charge is -2.10. The molecule has 0 bridgehead atoms. The van der Waals surface area contributed by atoms with Gasteiger partial charge in [-0.25, -0.2) is 0 Å². The molecule has 0 spiro atoms. The molecule has 0 fully saturated rings. The quantitative estimate of drug-likeness (QED) is 0.907. The van der Waals surface area contributed by atoms with Crippen LogP contribution in [0.25, 0.3) is 0 Å². The third kappa shape index (κ3) is 2.26. The predicted molar refractivity (Wildman–Crippen MR) is 56.7 cm³/mol. The average molecular weight is 259 g/mol. The number of carboxylic acids is 1. The molecule has 0 radical (unpaired) electrons. The Morgan fingerprint density at radius 1 is 1.57 bits per heavy atom. The molecular formula is C10H11BrO3. The molecule has 14 heavy (non-hydrogen) atoms. The molecule has 1 aromatic carbocycles. The van der Waals surface area contributed by atoms with Crippen LogP contribution in [0.3, 0.4) is 0 Å². The fourth-order valence-electron chi connectivity index (χ4n) is 1.11. The Balaban J connectivity index is 3.11. The van der Waals surface area contributed by atoms with Crippen LogP contribution in [-0.2, 0) is 4.79 Å². The third-order valence-electron chi connectivity index (χ3n) is 2.04. The van der Waals surface area contributed by atoms with Gasteiger partial charge in [-0.3, -0.25) is 4.79 Å². The fourth-order valence-corrected chi connectivity index (χ4v) is 1.70. The van der Waals surface area contributed by atoms with Gasteiger partial charge < -0.3 is 9.84 Å². The topological polar surface area (TPSA) is 46.5 Å². The summed E-state index contributed by atoms with van der Waals surface area (Å²) < 4.78 is 5.81. The normalized spacial score (nSPS) is 12.2. The number of halogens is 1. The van der Waals surface area contributed by atoms with Crippen molar-refractivity contribution in [2.75, 3.05) is 7.11 Å². The predicted octanol–water partition coefficient (Wildman–Crippen LogP) is 2.65. The number of carboxylic acid groups (broad SMARTS) is 1. The molecule has 1 N–H and O–H groups in total. The van der Waals surface area contributed by atoms with Gasteiger partial charge in [-0.15, -0.1) is 0 Å². The molecular weight excluding hydrogens is 248 g/mol. The summed E-state index contributed by atoms with van der Waals surface area (Å²) in [7, 11) is 1.55. The molecule has 1 aromatic rings. The molecule has 4 heteroatoms. The van der Waals surface area contributed by atoms with E-state index in [9.17, 15) is 4.79 Å². The zero-order valence-electron chi connectivity index (χ0n) is 7.95. The monoisotopic (exact) mass is 258 g/mol. The number of rotatable bonds is 3. The summed E-state index contributed by atoms with van der Waals surface area (Å²) in [6.45, 7) is 1.64.